The lowest BCUT2D eigenvalue weighted by Crippen LogP contribution is -2.32. The van der Waals surface area contributed by atoms with Crippen molar-refractivity contribution in [1.29, 1.82) is 0 Å². The number of aliphatic hydroxyl groups is 1. The summed E-state index contributed by atoms with van der Waals surface area (Å²) < 4.78 is 0. The third-order valence-corrected chi connectivity index (χ3v) is 2.53. The molecule has 0 aromatic rings. The Kier molecular flexibility index (Phi) is 2.17. The summed E-state index contributed by atoms with van der Waals surface area (Å²) in [6.45, 7) is 6.91. The second-order valence-electron chi connectivity index (χ2n) is 3.83. The number of hydrogen-bond acceptors (Lipinski definition) is 3. The van der Waals surface area contributed by atoms with Gasteiger partial charge in [0.05, 0.1) is 6.10 Å². The van der Waals surface area contributed by atoms with Crippen LogP contribution in [-0.4, -0.2) is 48.8 Å². The highest BCUT2D eigenvalue weighted by Crippen LogP contribution is 2.19. The number of rotatable bonds is 2. The van der Waals surface area contributed by atoms with E-state index in [-0.39, 0.29) is 6.10 Å². The first-order chi connectivity index (χ1) is 5.75. The zero-order chi connectivity index (χ0) is 8.55. The summed E-state index contributed by atoms with van der Waals surface area (Å²) in [5.74, 6) is 0. The van der Waals surface area contributed by atoms with Gasteiger partial charge in [-0.25, -0.2) is 0 Å². The van der Waals surface area contributed by atoms with E-state index in [1.807, 2.05) is 6.92 Å². The quantitative estimate of drug-likeness (QED) is 0.550. The minimum atomic E-state index is -0.196. The first-order valence-electron chi connectivity index (χ1n) is 4.56. The molecule has 3 heteroatoms. The van der Waals surface area contributed by atoms with Crippen molar-refractivity contribution in [2.75, 3.05) is 32.7 Å². The number of β-amino-alcohol motifs (C(OH)–C–C–N with tert-alkyl or cyclic N) is 1. The highest BCUT2D eigenvalue weighted by Gasteiger charge is 2.25. The molecule has 0 fully saturated rings. The fraction of sp³-hybridized carbons (Fsp3) is 0.778. The van der Waals surface area contributed by atoms with Gasteiger partial charge >= 0.3 is 0 Å². The van der Waals surface area contributed by atoms with Gasteiger partial charge in [0.25, 0.3) is 0 Å². The molecule has 1 atom stereocenters. The molecule has 2 heterocycles. The average Bonchev–Trinajstić information content (AvgIpc) is 2.43. The average molecular weight is 168 g/mol. The minimum absolute atomic E-state index is 0.196. The molecular formula is C9H16N2O. The fourth-order valence-corrected chi connectivity index (χ4v) is 2.05. The van der Waals surface area contributed by atoms with E-state index in [1.165, 1.54) is 0 Å². The lowest BCUT2D eigenvalue weighted by Gasteiger charge is -2.18. The van der Waals surface area contributed by atoms with Gasteiger partial charge in [0.2, 0.25) is 0 Å². The molecule has 2 N–H and O–H groups in total. The van der Waals surface area contributed by atoms with Crippen molar-refractivity contribution in [3.8, 4) is 0 Å². The van der Waals surface area contributed by atoms with Crippen LogP contribution < -0.4 is 5.32 Å². The van der Waals surface area contributed by atoms with Gasteiger partial charge in [-0.05, 0) is 18.1 Å². The lowest BCUT2D eigenvalue weighted by molar-refractivity contribution is 0.141. The van der Waals surface area contributed by atoms with E-state index in [0.29, 0.717) is 0 Å². The van der Waals surface area contributed by atoms with Crippen molar-refractivity contribution in [2.24, 2.45) is 0 Å². The van der Waals surface area contributed by atoms with Crippen LogP contribution in [-0.2, 0) is 0 Å². The van der Waals surface area contributed by atoms with E-state index < -0.39 is 0 Å². The molecule has 0 aromatic heterocycles. The largest absolute Gasteiger partial charge is 0.392 e. The summed E-state index contributed by atoms with van der Waals surface area (Å²) in [5.41, 5.74) is 3.10. The maximum Gasteiger partial charge on any atom is 0.0639 e. The molecule has 0 aliphatic carbocycles. The lowest BCUT2D eigenvalue weighted by atomic mass is 10.2. The second kappa shape index (κ2) is 3.17. The Morgan fingerprint density at radius 3 is 2.50 bits per heavy atom. The molecule has 0 saturated heterocycles. The summed E-state index contributed by atoms with van der Waals surface area (Å²) in [4.78, 5) is 2.32. The molecule has 0 amide bonds. The van der Waals surface area contributed by atoms with E-state index in [9.17, 15) is 5.11 Å². The minimum Gasteiger partial charge on any atom is -0.392 e. The van der Waals surface area contributed by atoms with E-state index in [1.54, 1.807) is 11.1 Å². The topological polar surface area (TPSA) is 35.5 Å². The third-order valence-electron chi connectivity index (χ3n) is 2.53. The first-order valence-corrected chi connectivity index (χ1v) is 4.56. The molecule has 2 aliphatic heterocycles. The van der Waals surface area contributed by atoms with Crippen LogP contribution in [0, 0.1) is 0 Å². The van der Waals surface area contributed by atoms with Gasteiger partial charge in [-0.15, -0.1) is 0 Å². The van der Waals surface area contributed by atoms with Gasteiger partial charge in [0.15, 0.2) is 0 Å². The Balaban J connectivity index is 1.87. The van der Waals surface area contributed by atoms with Crippen LogP contribution in [0.3, 0.4) is 0 Å². The number of aliphatic hydroxyl groups excluding tert-OH is 1. The highest BCUT2D eigenvalue weighted by atomic mass is 16.3. The number of nitrogens with one attached hydrogen (secondary N) is 1. The van der Waals surface area contributed by atoms with E-state index >= 15 is 0 Å². The van der Waals surface area contributed by atoms with Crippen molar-refractivity contribution in [3.63, 3.8) is 0 Å². The molecule has 3 nitrogen and oxygen atoms in total. The Hall–Kier alpha value is -0.380. The third kappa shape index (κ3) is 1.53. The maximum atomic E-state index is 9.20. The van der Waals surface area contributed by atoms with Gasteiger partial charge in [0.1, 0.15) is 0 Å². The van der Waals surface area contributed by atoms with Gasteiger partial charge in [-0.1, -0.05) is 0 Å². The molecule has 0 bridgehead atoms. The molecule has 0 saturated carbocycles. The predicted molar refractivity (Wildman–Crippen MR) is 48.0 cm³/mol. The first kappa shape index (κ1) is 8.23. The summed E-state index contributed by atoms with van der Waals surface area (Å²) in [6.07, 6.45) is -0.196. The standard InChI is InChI=1S/C9H16N2O/c1-7(12)4-11-5-8-2-10-3-9(8)6-11/h7,10,12H,2-6H2,1H3. The summed E-state index contributed by atoms with van der Waals surface area (Å²) in [5, 5.41) is 12.5. The summed E-state index contributed by atoms with van der Waals surface area (Å²) in [6, 6.07) is 0. The Morgan fingerprint density at radius 2 is 2.00 bits per heavy atom. The van der Waals surface area contributed by atoms with E-state index in [0.717, 1.165) is 32.7 Å². The Labute approximate surface area is 73.1 Å². The zero-order valence-electron chi connectivity index (χ0n) is 7.51. The fourth-order valence-electron chi connectivity index (χ4n) is 2.05. The molecular weight excluding hydrogens is 152 g/mol. The normalized spacial score (nSPS) is 26.5. The molecule has 12 heavy (non-hydrogen) atoms. The van der Waals surface area contributed by atoms with Crippen molar-refractivity contribution < 1.29 is 5.11 Å². The molecule has 1 unspecified atom stereocenters. The second-order valence-corrected chi connectivity index (χ2v) is 3.83. The zero-order valence-corrected chi connectivity index (χ0v) is 7.51. The SMILES string of the molecule is CC(O)CN1CC2=C(CNC2)C1. The van der Waals surface area contributed by atoms with Gasteiger partial charge in [-0.2, -0.15) is 0 Å². The van der Waals surface area contributed by atoms with E-state index in [2.05, 4.69) is 10.2 Å². The molecule has 0 radical (unpaired) electrons. The monoisotopic (exact) mass is 168 g/mol. The van der Waals surface area contributed by atoms with E-state index in [4.69, 9.17) is 0 Å². The Morgan fingerprint density at radius 1 is 1.42 bits per heavy atom. The van der Waals surface area contributed by atoms with Crippen LogP contribution >= 0.6 is 0 Å². The van der Waals surface area contributed by atoms with Crippen LogP contribution in [0.4, 0.5) is 0 Å². The predicted octanol–water partition coefficient (Wildman–Crippen LogP) is -0.417. The van der Waals surface area contributed by atoms with Gasteiger partial charge in [-0.3, -0.25) is 4.90 Å². The van der Waals surface area contributed by atoms with Crippen molar-refractivity contribution in [2.45, 2.75) is 13.0 Å². The van der Waals surface area contributed by atoms with Crippen molar-refractivity contribution >= 4 is 0 Å². The van der Waals surface area contributed by atoms with Crippen LogP contribution in [0.5, 0.6) is 0 Å². The molecule has 68 valence electrons. The molecule has 2 rings (SSSR count). The van der Waals surface area contributed by atoms with Crippen LogP contribution in [0.25, 0.3) is 0 Å². The molecule has 2 aliphatic rings. The van der Waals surface area contributed by atoms with Crippen LogP contribution in [0.15, 0.2) is 11.1 Å². The summed E-state index contributed by atoms with van der Waals surface area (Å²) >= 11 is 0. The molecule has 0 aromatic carbocycles. The van der Waals surface area contributed by atoms with Crippen molar-refractivity contribution in [3.05, 3.63) is 11.1 Å². The number of hydrogen-bond donors (Lipinski definition) is 2. The maximum absolute atomic E-state index is 9.20. The van der Waals surface area contributed by atoms with Crippen molar-refractivity contribution in [1.82, 2.24) is 10.2 Å². The number of nitrogens with zero attached hydrogens (tertiary/aromatic N) is 1. The molecule has 0 spiro atoms. The van der Waals surface area contributed by atoms with Gasteiger partial charge < -0.3 is 10.4 Å². The Bertz CT molecular complexity index is 195. The van der Waals surface area contributed by atoms with Crippen LogP contribution in [0.1, 0.15) is 6.92 Å². The highest BCUT2D eigenvalue weighted by molar-refractivity contribution is 5.29. The van der Waals surface area contributed by atoms with Crippen LogP contribution in [0.2, 0.25) is 0 Å². The van der Waals surface area contributed by atoms with Gasteiger partial charge in [0, 0.05) is 32.7 Å². The smallest absolute Gasteiger partial charge is 0.0639 e. The summed E-state index contributed by atoms with van der Waals surface area (Å²) in [7, 11) is 0.